The first kappa shape index (κ1) is 23.3. The van der Waals surface area contributed by atoms with Gasteiger partial charge in [0.05, 0.1) is 29.9 Å². The van der Waals surface area contributed by atoms with Crippen LogP contribution in [0.15, 0.2) is 66.7 Å². The van der Waals surface area contributed by atoms with E-state index < -0.39 is 23.6 Å². The summed E-state index contributed by atoms with van der Waals surface area (Å²) in [5.41, 5.74) is 2.02. The molecule has 8 heteroatoms. The highest BCUT2D eigenvalue weighted by molar-refractivity contribution is 6.40. The van der Waals surface area contributed by atoms with E-state index in [0.717, 1.165) is 24.8 Å². The maximum absolute atomic E-state index is 12.8. The molecule has 0 bridgehead atoms. The number of benzene rings is 3. The maximum Gasteiger partial charge on any atom is 0.416 e. The Morgan fingerprint density at radius 2 is 1.59 bits per heavy atom. The normalized spacial score (nSPS) is 11.2. The number of aryl methyl sites for hydroxylation is 1. The van der Waals surface area contributed by atoms with Gasteiger partial charge in [-0.1, -0.05) is 54.1 Å². The van der Waals surface area contributed by atoms with Crippen LogP contribution >= 0.6 is 11.6 Å². The SMILES string of the molecule is COC(=O)C(=O)N(Cc1ccccc1)c1c(C)cc(-c2ccc(C(F)(F)F)cc2)cc1Cl. The Balaban J connectivity index is 2.03. The molecule has 0 spiro atoms. The molecule has 0 aromatic heterocycles. The Morgan fingerprint density at radius 1 is 0.969 bits per heavy atom. The number of nitrogens with zero attached hydrogens (tertiary/aromatic N) is 1. The molecule has 0 aliphatic rings. The molecule has 0 aliphatic heterocycles. The third-order valence-electron chi connectivity index (χ3n) is 4.86. The molecule has 0 unspecified atom stereocenters. The number of carbonyl (C=O) groups is 2. The van der Waals surface area contributed by atoms with Crippen LogP contribution in [0.25, 0.3) is 11.1 Å². The number of amides is 1. The van der Waals surface area contributed by atoms with Crippen LogP contribution in [-0.4, -0.2) is 19.0 Å². The molecule has 3 rings (SSSR count). The summed E-state index contributed by atoms with van der Waals surface area (Å²) in [6, 6.07) is 17.0. The Bertz CT molecular complexity index is 1110. The molecule has 4 nitrogen and oxygen atoms in total. The summed E-state index contributed by atoms with van der Waals surface area (Å²) in [6.07, 6.45) is -4.43. The summed E-state index contributed by atoms with van der Waals surface area (Å²) in [6.45, 7) is 1.78. The Labute approximate surface area is 188 Å². The van der Waals surface area contributed by atoms with Crippen molar-refractivity contribution in [2.45, 2.75) is 19.6 Å². The number of rotatable bonds is 4. The lowest BCUT2D eigenvalue weighted by Crippen LogP contribution is -2.37. The zero-order chi connectivity index (χ0) is 23.5. The van der Waals surface area contributed by atoms with Crippen LogP contribution in [0.4, 0.5) is 18.9 Å². The van der Waals surface area contributed by atoms with Crippen molar-refractivity contribution in [1.29, 1.82) is 0 Å². The second-order valence-electron chi connectivity index (χ2n) is 7.07. The van der Waals surface area contributed by atoms with Crippen molar-refractivity contribution in [2.24, 2.45) is 0 Å². The van der Waals surface area contributed by atoms with Gasteiger partial charge in [-0.25, -0.2) is 4.79 Å². The van der Waals surface area contributed by atoms with Gasteiger partial charge in [-0.15, -0.1) is 0 Å². The fourth-order valence-corrected chi connectivity index (χ4v) is 3.68. The second-order valence-corrected chi connectivity index (χ2v) is 7.47. The average Bonchev–Trinajstić information content (AvgIpc) is 2.77. The van der Waals surface area contributed by atoms with Crippen LogP contribution in [0.2, 0.25) is 5.02 Å². The minimum Gasteiger partial charge on any atom is -0.462 e. The summed E-state index contributed by atoms with van der Waals surface area (Å²) in [5.74, 6) is -1.92. The highest BCUT2D eigenvalue weighted by Crippen LogP contribution is 2.37. The second kappa shape index (κ2) is 9.44. The van der Waals surface area contributed by atoms with Gasteiger partial charge >= 0.3 is 18.1 Å². The summed E-state index contributed by atoms with van der Waals surface area (Å²) in [4.78, 5) is 26.0. The quantitative estimate of drug-likeness (QED) is 0.351. The average molecular weight is 462 g/mol. The Morgan fingerprint density at radius 3 is 2.12 bits per heavy atom. The van der Waals surface area contributed by atoms with Gasteiger partial charge < -0.3 is 4.74 Å². The van der Waals surface area contributed by atoms with E-state index in [9.17, 15) is 22.8 Å². The summed E-state index contributed by atoms with van der Waals surface area (Å²) in [7, 11) is 1.11. The van der Waals surface area contributed by atoms with Crippen molar-refractivity contribution >= 4 is 29.2 Å². The smallest absolute Gasteiger partial charge is 0.416 e. The summed E-state index contributed by atoms with van der Waals surface area (Å²) in [5, 5.41) is 0.174. The van der Waals surface area contributed by atoms with Gasteiger partial charge in [-0.2, -0.15) is 13.2 Å². The van der Waals surface area contributed by atoms with Gasteiger partial charge in [0.25, 0.3) is 0 Å². The minimum absolute atomic E-state index is 0.0783. The molecule has 0 atom stereocenters. The number of esters is 1. The van der Waals surface area contributed by atoms with E-state index >= 15 is 0 Å². The molecular formula is C24H19ClF3NO3. The number of carbonyl (C=O) groups excluding carboxylic acids is 2. The van der Waals surface area contributed by atoms with Crippen LogP contribution in [-0.2, 0) is 27.0 Å². The molecule has 32 heavy (non-hydrogen) atoms. The molecule has 0 N–H and O–H groups in total. The first-order chi connectivity index (χ1) is 15.1. The fourth-order valence-electron chi connectivity index (χ4n) is 3.31. The summed E-state index contributed by atoms with van der Waals surface area (Å²) < 4.78 is 43.1. The van der Waals surface area contributed by atoms with Gasteiger partial charge in [-0.05, 0) is 53.4 Å². The van der Waals surface area contributed by atoms with Gasteiger partial charge in [0, 0.05) is 0 Å². The number of halogens is 4. The lowest BCUT2D eigenvalue weighted by molar-refractivity contribution is -0.151. The fraction of sp³-hybridized carbons (Fsp3) is 0.167. The van der Waals surface area contributed by atoms with E-state index in [4.69, 9.17) is 11.6 Å². The predicted molar refractivity (Wildman–Crippen MR) is 116 cm³/mol. The molecule has 0 fully saturated rings. The topological polar surface area (TPSA) is 46.6 Å². The number of hydrogen-bond acceptors (Lipinski definition) is 3. The van der Waals surface area contributed by atoms with E-state index in [0.29, 0.717) is 22.4 Å². The molecule has 3 aromatic rings. The summed E-state index contributed by atoms with van der Waals surface area (Å²) >= 11 is 6.52. The van der Waals surface area contributed by atoms with Crippen LogP contribution in [0, 0.1) is 6.92 Å². The van der Waals surface area contributed by atoms with Gasteiger partial charge in [0.15, 0.2) is 0 Å². The lowest BCUT2D eigenvalue weighted by atomic mass is 10.00. The predicted octanol–water partition coefficient (Wildman–Crippen LogP) is 6.04. The maximum atomic E-state index is 12.8. The van der Waals surface area contributed by atoms with Crippen LogP contribution in [0.3, 0.4) is 0 Å². The first-order valence-corrected chi connectivity index (χ1v) is 9.91. The first-order valence-electron chi connectivity index (χ1n) is 9.53. The Hall–Kier alpha value is -3.32. The monoisotopic (exact) mass is 461 g/mol. The number of ether oxygens (including phenoxy) is 1. The van der Waals surface area contributed by atoms with Gasteiger partial charge in [-0.3, -0.25) is 9.69 Å². The van der Waals surface area contributed by atoms with E-state index in [2.05, 4.69) is 4.74 Å². The molecule has 0 aliphatic carbocycles. The van der Waals surface area contributed by atoms with Crippen molar-refractivity contribution in [3.8, 4) is 11.1 Å². The molecule has 0 saturated heterocycles. The van der Waals surface area contributed by atoms with E-state index in [1.54, 1.807) is 43.3 Å². The lowest BCUT2D eigenvalue weighted by Gasteiger charge is -2.25. The van der Waals surface area contributed by atoms with Crippen molar-refractivity contribution in [2.75, 3.05) is 12.0 Å². The molecule has 1 amide bonds. The highest BCUT2D eigenvalue weighted by atomic mass is 35.5. The highest BCUT2D eigenvalue weighted by Gasteiger charge is 2.30. The van der Waals surface area contributed by atoms with Crippen molar-refractivity contribution in [3.63, 3.8) is 0 Å². The molecular weight excluding hydrogens is 443 g/mol. The molecule has 0 heterocycles. The number of methoxy groups -OCH3 is 1. The van der Waals surface area contributed by atoms with Crippen molar-refractivity contribution in [3.05, 3.63) is 88.4 Å². The molecule has 166 valence electrons. The van der Waals surface area contributed by atoms with Gasteiger partial charge in [0.1, 0.15) is 0 Å². The minimum atomic E-state index is -4.43. The van der Waals surface area contributed by atoms with Crippen molar-refractivity contribution in [1.82, 2.24) is 0 Å². The molecule has 0 radical (unpaired) electrons. The van der Waals surface area contributed by atoms with E-state index in [-0.39, 0.29) is 11.6 Å². The van der Waals surface area contributed by atoms with Crippen LogP contribution in [0.1, 0.15) is 16.7 Å². The third kappa shape index (κ3) is 5.11. The zero-order valence-corrected chi connectivity index (χ0v) is 18.0. The molecule has 0 saturated carbocycles. The van der Waals surface area contributed by atoms with Crippen molar-refractivity contribution < 1.29 is 27.5 Å². The number of hydrogen-bond donors (Lipinski definition) is 0. The number of alkyl halides is 3. The zero-order valence-electron chi connectivity index (χ0n) is 17.2. The standard InChI is InChI=1S/C24H19ClF3NO3/c1-15-12-18(17-8-10-19(11-9-17)24(26,27)28)13-20(25)21(15)29(22(30)23(31)32-2)14-16-6-4-3-5-7-16/h3-13H,14H2,1-2H3. The number of anilines is 1. The molecule has 3 aromatic carbocycles. The van der Waals surface area contributed by atoms with Crippen LogP contribution < -0.4 is 4.90 Å². The van der Waals surface area contributed by atoms with Gasteiger partial charge in [0.2, 0.25) is 0 Å². The van der Waals surface area contributed by atoms with E-state index in [1.807, 2.05) is 6.07 Å². The largest absolute Gasteiger partial charge is 0.462 e. The Kier molecular flexibility index (Phi) is 6.89. The van der Waals surface area contributed by atoms with E-state index in [1.165, 1.54) is 17.0 Å². The third-order valence-corrected chi connectivity index (χ3v) is 5.15. The van der Waals surface area contributed by atoms with Crippen LogP contribution in [0.5, 0.6) is 0 Å².